The lowest BCUT2D eigenvalue weighted by Crippen LogP contribution is -2.24. The molecule has 0 bridgehead atoms. The Balaban J connectivity index is 1.53. The molecule has 0 aliphatic heterocycles. The standard InChI is InChI=1S/C23H24ClN5O2S2/c1-3-4-5-10-25-22(30)17-13-32-20(26-17)14-33-23-28-27-21(19-7-6-11-31-19)29(23)18-12-16(24)9-8-15(18)2/h6-9,11-13H,3-5,10,14H2,1-2H3,(H,25,30). The SMILES string of the molecule is CCCCCNC(=O)c1csc(CSc2nnc(-c3ccco3)n2-c2cc(Cl)ccc2C)n1. The molecule has 33 heavy (non-hydrogen) atoms. The fourth-order valence-electron chi connectivity index (χ4n) is 3.24. The van der Waals surface area contributed by atoms with Crippen molar-refractivity contribution in [3.63, 3.8) is 0 Å². The summed E-state index contributed by atoms with van der Waals surface area (Å²) in [6.45, 7) is 4.82. The summed E-state index contributed by atoms with van der Waals surface area (Å²) in [5.74, 6) is 1.64. The van der Waals surface area contributed by atoms with Gasteiger partial charge in [0.2, 0.25) is 5.82 Å². The average molecular weight is 502 g/mol. The van der Waals surface area contributed by atoms with E-state index in [1.807, 2.05) is 41.8 Å². The summed E-state index contributed by atoms with van der Waals surface area (Å²) < 4.78 is 7.53. The van der Waals surface area contributed by atoms with Crippen molar-refractivity contribution in [1.82, 2.24) is 25.1 Å². The summed E-state index contributed by atoms with van der Waals surface area (Å²) >= 11 is 9.25. The third kappa shape index (κ3) is 5.66. The number of hydrogen-bond donors (Lipinski definition) is 1. The van der Waals surface area contributed by atoms with Gasteiger partial charge in [0, 0.05) is 16.9 Å². The van der Waals surface area contributed by atoms with Gasteiger partial charge < -0.3 is 9.73 Å². The zero-order valence-corrected chi connectivity index (χ0v) is 20.8. The maximum absolute atomic E-state index is 12.3. The number of hydrogen-bond acceptors (Lipinski definition) is 7. The molecule has 0 saturated carbocycles. The van der Waals surface area contributed by atoms with Crippen LogP contribution in [0.3, 0.4) is 0 Å². The number of benzene rings is 1. The van der Waals surface area contributed by atoms with E-state index in [0.717, 1.165) is 35.5 Å². The fourth-order valence-corrected chi connectivity index (χ4v) is 5.15. The third-order valence-electron chi connectivity index (χ3n) is 4.96. The third-order valence-corrected chi connectivity index (χ3v) is 7.17. The van der Waals surface area contributed by atoms with Crippen LogP contribution in [0.4, 0.5) is 0 Å². The number of carbonyl (C=O) groups excluding carboxylic acids is 1. The van der Waals surface area contributed by atoms with Crippen molar-refractivity contribution in [3.05, 3.63) is 63.3 Å². The number of thiazole rings is 1. The predicted octanol–water partition coefficient (Wildman–Crippen LogP) is 6.16. The highest BCUT2D eigenvalue weighted by atomic mass is 35.5. The first-order valence-corrected chi connectivity index (χ1v) is 12.9. The maximum Gasteiger partial charge on any atom is 0.270 e. The van der Waals surface area contributed by atoms with Crippen LogP contribution >= 0.6 is 34.7 Å². The van der Waals surface area contributed by atoms with Crippen LogP contribution in [0.2, 0.25) is 5.02 Å². The first-order valence-electron chi connectivity index (χ1n) is 10.7. The van der Waals surface area contributed by atoms with Gasteiger partial charge in [-0.05, 0) is 43.2 Å². The van der Waals surface area contributed by atoms with Gasteiger partial charge in [0.1, 0.15) is 10.7 Å². The van der Waals surface area contributed by atoms with E-state index in [4.69, 9.17) is 16.0 Å². The number of furan rings is 1. The first-order chi connectivity index (χ1) is 16.1. The number of nitrogens with one attached hydrogen (secondary N) is 1. The van der Waals surface area contributed by atoms with Crippen molar-refractivity contribution in [1.29, 1.82) is 0 Å². The van der Waals surface area contributed by atoms with Gasteiger partial charge in [0.15, 0.2) is 10.9 Å². The molecule has 0 spiro atoms. The summed E-state index contributed by atoms with van der Waals surface area (Å²) in [4.78, 5) is 16.8. The molecular formula is C23H24ClN5O2S2. The van der Waals surface area contributed by atoms with Crippen LogP contribution in [0.25, 0.3) is 17.3 Å². The highest BCUT2D eigenvalue weighted by Gasteiger charge is 2.20. The molecule has 10 heteroatoms. The number of amides is 1. The molecule has 1 amide bonds. The highest BCUT2D eigenvalue weighted by molar-refractivity contribution is 7.98. The molecule has 1 N–H and O–H groups in total. The molecule has 0 aliphatic carbocycles. The van der Waals surface area contributed by atoms with E-state index >= 15 is 0 Å². The highest BCUT2D eigenvalue weighted by Crippen LogP contribution is 2.32. The van der Waals surface area contributed by atoms with Crippen LogP contribution in [0.15, 0.2) is 51.5 Å². The van der Waals surface area contributed by atoms with Crippen LogP contribution in [0, 0.1) is 6.92 Å². The molecule has 4 aromatic rings. The quantitative estimate of drug-likeness (QED) is 0.207. The summed E-state index contributed by atoms with van der Waals surface area (Å²) in [5, 5.41) is 15.7. The van der Waals surface area contributed by atoms with E-state index in [-0.39, 0.29) is 5.91 Å². The van der Waals surface area contributed by atoms with Gasteiger partial charge in [-0.3, -0.25) is 9.36 Å². The van der Waals surface area contributed by atoms with Gasteiger partial charge in [-0.25, -0.2) is 4.98 Å². The van der Waals surface area contributed by atoms with E-state index < -0.39 is 0 Å². The summed E-state index contributed by atoms with van der Waals surface area (Å²) in [5.41, 5.74) is 2.37. The number of nitrogens with zero attached hydrogens (tertiary/aromatic N) is 4. The number of halogens is 1. The molecule has 0 saturated heterocycles. The second kappa shape index (κ2) is 11.0. The Hall–Kier alpha value is -2.62. The Bertz CT molecular complexity index is 1220. The lowest BCUT2D eigenvalue weighted by Gasteiger charge is -2.12. The minimum absolute atomic E-state index is 0.128. The minimum Gasteiger partial charge on any atom is -0.461 e. The summed E-state index contributed by atoms with van der Waals surface area (Å²) in [7, 11) is 0. The van der Waals surface area contributed by atoms with E-state index in [2.05, 4.69) is 27.4 Å². The summed E-state index contributed by atoms with van der Waals surface area (Å²) in [6.07, 6.45) is 4.81. The predicted molar refractivity (Wildman–Crippen MR) is 132 cm³/mol. The normalized spacial score (nSPS) is 11.1. The molecule has 0 radical (unpaired) electrons. The number of aromatic nitrogens is 4. The molecule has 4 rings (SSSR count). The zero-order valence-electron chi connectivity index (χ0n) is 18.4. The topological polar surface area (TPSA) is 85.8 Å². The van der Waals surface area contributed by atoms with E-state index in [1.54, 1.807) is 11.6 Å². The molecule has 3 aromatic heterocycles. The van der Waals surface area contributed by atoms with Crippen LogP contribution in [0.5, 0.6) is 0 Å². The Kier molecular flexibility index (Phi) is 7.85. The largest absolute Gasteiger partial charge is 0.461 e. The van der Waals surface area contributed by atoms with Crippen LogP contribution in [-0.4, -0.2) is 32.2 Å². The van der Waals surface area contributed by atoms with Gasteiger partial charge >= 0.3 is 0 Å². The van der Waals surface area contributed by atoms with Gasteiger partial charge in [0.25, 0.3) is 5.91 Å². The average Bonchev–Trinajstić information content (AvgIpc) is 3.57. The molecule has 0 aliphatic rings. The molecule has 7 nitrogen and oxygen atoms in total. The number of carbonyl (C=O) groups is 1. The molecule has 0 atom stereocenters. The van der Waals surface area contributed by atoms with E-state index in [9.17, 15) is 4.79 Å². The second-order valence-electron chi connectivity index (χ2n) is 7.43. The lowest BCUT2D eigenvalue weighted by atomic mass is 10.2. The summed E-state index contributed by atoms with van der Waals surface area (Å²) in [6, 6.07) is 9.37. The molecule has 172 valence electrons. The Labute approximate surface area is 205 Å². The Morgan fingerprint density at radius 2 is 2.15 bits per heavy atom. The number of unbranched alkanes of at least 4 members (excludes halogenated alkanes) is 2. The van der Waals surface area contributed by atoms with Gasteiger partial charge in [0.05, 0.1) is 17.7 Å². The van der Waals surface area contributed by atoms with Crippen LogP contribution < -0.4 is 5.32 Å². The van der Waals surface area contributed by atoms with E-state index in [1.165, 1.54) is 23.1 Å². The lowest BCUT2D eigenvalue weighted by molar-refractivity contribution is 0.0948. The van der Waals surface area contributed by atoms with Crippen LogP contribution in [-0.2, 0) is 5.75 Å². The molecular weight excluding hydrogens is 478 g/mol. The molecule has 3 heterocycles. The fraction of sp³-hybridized carbons (Fsp3) is 0.304. The van der Waals surface area contributed by atoms with Crippen molar-refractivity contribution >= 4 is 40.6 Å². The minimum atomic E-state index is -0.128. The smallest absolute Gasteiger partial charge is 0.270 e. The maximum atomic E-state index is 12.3. The first kappa shape index (κ1) is 23.5. The number of aryl methyl sites for hydroxylation is 1. The second-order valence-corrected chi connectivity index (χ2v) is 9.75. The van der Waals surface area contributed by atoms with Crippen LogP contribution in [0.1, 0.15) is 47.2 Å². The Morgan fingerprint density at radius 1 is 1.27 bits per heavy atom. The van der Waals surface area contributed by atoms with Gasteiger partial charge in [-0.2, -0.15) is 0 Å². The molecule has 1 aromatic carbocycles. The molecule has 0 unspecified atom stereocenters. The van der Waals surface area contributed by atoms with Crippen molar-refractivity contribution in [2.45, 2.75) is 44.0 Å². The van der Waals surface area contributed by atoms with Gasteiger partial charge in [-0.1, -0.05) is 49.2 Å². The zero-order chi connectivity index (χ0) is 23.2. The molecule has 0 fully saturated rings. The van der Waals surface area contributed by atoms with Crippen molar-refractivity contribution in [2.24, 2.45) is 0 Å². The van der Waals surface area contributed by atoms with Crippen molar-refractivity contribution in [2.75, 3.05) is 6.54 Å². The van der Waals surface area contributed by atoms with E-state index in [0.29, 0.717) is 39.8 Å². The monoisotopic (exact) mass is 501 g/mol. The Morgan fingerprint density at radius 3 is 2.94 bits per heavy atom. The van der Waals surface area contributed by atoms with Crippen molar-refractivity contribution < 1.29 is 9.21 Å². The number of rotatable bonds is 10. The number of thioether (sulfide) groups is 1. The van der Waals surface area contributed by atoms with Gasteiger partial charge in [-0.15, -0.1) is 21.5 Å². The van der Waals surface area contributed by atoms with Crippen molar-refractivity contribution in [3.8, 4) is 17.3 Å².